The summed E-state index contributed by atoms with van der Waals surface area (Å²) in [5, 5.41) is 21.5. The third-order valence-electron chi connectivity index (χ3n) is 7.10. The maximum atomic E-state index is 13.5. The average molecular weight is 566 g/mol. The SMILES string of the molecule is CC(C)(C)c1cc(CC2NC(=O)[C@@H](NC(=O)[C@@H](N)Cc3ccccc3)CCCCNC(=O)CCNC2=O)ccc1O. The fourth-order valence-corrected chi connectivity index (χ4v) is 4.75. The van der Waals surface area contributed by atoms with Gasteiger partial charge in [0, 0.05) is 25.9 Å². The molecule has 7 N–H and O–H groups in total. The molecule has 3 atom stereocenters. The summed E-state index contributed by atoms with van der Waals surface area (Å²) in [5.74, 6) is -1.41. The highest BCUT2D eigenvalue weighted by atomic mass is 16.3. The summed E-state index contributed by atoms with van der Waals surface area (Å²) in [6, 6.07) is 11.8. The zero-order valence-corrected chi connectivity index (χ0v) is 24.2. The molecule has 0 aliphatic carbocycles. The van der Waals surface area contributed by atoms with Crippen molar-refractivity contribution >= 4 is 23.6 Å². The summed E-state index contributed by atoms with van der Waals surface area (Å²) >= 11 is 0. The Labute approximate surface area is 241 Å². The van der Waals surface area contributed by atoms with Gasteiger partial charge in [0.05, 0.1) is 6.04 Å². The van der Waals surface area contributed by atoms with Gasteiger partial charge in [0.2, 0.25) is 23.6 Å². The van der Waals surface area contributed by atoms with Crippen molar-refractivity contribution < 1.29 is 24.3 Å². The van der Waals surface area contributed by atoms with Crippen LogP contribution in [-0.4, -0.2) is 60.0 Å². The zero-order chi connectivity index (χ0) is 30.0. The summed E-state index contributed by atoms with van der Waals surface area (Å²) in [7, 11) is 0. The van der Waals surface area contributed by atoms with Crippen molar-refractivity contribution in [1.82, 2.24) is 21.3 Å². The van der Waals surface area contributed by atoms with E-state index in [1.165, 1.54) is 0 Å². The molecule has 1 aliphatic heterocycles. The summed E-state index contributed by atoms with van der Waals surface area (Å²) in [5.41, 5.74) is 8.21. The van der Waals surface area contributed by atoms with Gasteiger partial charge in [-0.1, -0.05) is 63.2 Å². The van der Waals surface area contributed by atoms with Crippen molar-refractivity contribution in [3.05, 3.63) is 65.2 Å². The molecular weight excluding hydrogens is 522 g/mol. The van der Waals surface area contributed by atoms with E-state index < -0.39 is 35.8 Å². The zero-order valence-electron chi connectivity index (χ0n) is 24.2. The molecule has 222 valence electrons. The first kappa shape index (κ1) is 31.6. The molecule has 1 heterocycles. The Kier molecular flexibility index (Phi) is 11.3. The normalized spacial score (nSPS) is 20.1. The molecule has 1 unspecified atom stereocenters. The summed E-state index contributed by atoms with van der Waals surface area (Å²) in [6.07, 6.45) is 2.10. The van der Waals surface area contributed by atoms with Gasteiger partial charge in [0.15, 0.2) is 0 Å². The first-order valence-electron chi connectivity index (χ1n) is 14.2. The van der Waals surface area contributed by atoms with Gasteiger partial charge in [-0.3, -0.25) is 19.2 Å². The van der Waals surface area contributed by atoms with Crippen LogP contribution in [0.25, 0.3) is 0 Å². The van der Waals surface area contributed by atoms with Crippen molar-refractivity contribution in [3.63, 3.8) is 0 Å². The standard InChI is InChI=1S/C31H43N5O5/c1-31(2,3)22-17-21(12-13-26(22)37)19-25-29(40)34-16-14-27(38)33-15-8-7-11-24(30(41)36-25)35-28(39)23(32)18-20-9-5-4-6-10-20/h4-6,9-10,12-13,17,23-25,37H,7-8,11,14-16,18-19,32H2,1-3H3,(H,33,38)(H,34,40)(H,35,39)(H,36,41)/t23-,24-,25?/m0/s1. The van der Waals surface area contributed by atoms with Crippen molar-refractivity contribution in [1.29, 1.82) is 0 Å². The molecule has 2 aromatic carbocycles. The number of nitrogens with two attached hydrogens (primary N) is 1. The van der Waals surface area contributed by atoms with Gasteiger partial charge >= 0.3 is 0 Å². The van der Waals surface area contributed by atoms with Crippen LogP contribution in [0.2, 0.25) is 0 Å². The molecule has 0 bridgehead atoms. The molecule has 0 aromatic heterocycles. The van der Waals surface area contributed by atoms with E-state index in [0.29, 0.717) is 32.2 Å². The van der Waals surface area contributed by atoms with E-state index in [9.17, 15) is 24.3 Å². The molecule has 2 aromatic rings. The Hall–Kier alpha value is -3.92. The summed E-state index contributed by atoms with van der Waals surface area (Å²) in [4.78, 5) is 51.9. The van der Waals surface area contributed by atoms with Crippen LogP contribution in [0.1, 0.15) is 63.1 Å². The second kappa shape index (κ2) is 14.6. The van der Waals surface area contributed by atoms with Crippen LogP contribution in [0.3, 0.4) is 0 Å². The van der Waals surface area contributed by atoms with E-state index in [0.717, 1.165) is 16.7 Å². The molecule has 41 heavy (non-hydrogen) atoms. The minimum Gasteiger partial charge on any atom is -0.508 e. The van der Waals surface area contributed by atoms with Gasteiger partial charge in [0.25, 0.3) is 0 Å². The predicted octanol–water partition coefficient (Wildman–Crippen LogP) is 1.58. The fourth-order valence-electron chi connectivity index (χ4n) is 4.75. The van der Waals surface area contributed by atoms with Crippen molar-refractivity contribution in [3.8, 4) is 5.75 Å². The highest BCUT2D eigenvalue weighted by Crippen LogP contribution is 2.31. The number of phenols is 1. The van der Waals surface area contributed by atoms with E-state index in [1.807, 2.05) is 57.2 Å². The third-order valence-corrected chi connectivity index (χ3v) is 7.10. The highest BCUT2D eigenvalue weighted by molar-refractivity contribution is 5.93. The topological polar surface area (TPSA) is 163 Å². The number of hydrogen-bond donors (Lipinski definition) is 6. The van der Waals surface area contributed by atoms with E-state index in [1.54, 1.807) is 12.1 Å². The Bertz CT molecular complexity index is 1210. The van der Waals surface area contributed by atoms with E-state index in [4.69, 9.17) is 5.73 Å². The monoisotopic (exact) mass is 565 g/mol. The molecule has 1 fully saturated rings. The largest absolute Gasteiger partial charge is 0.508 e. The fraction of sp³-hybridized carbons (Fsp3) is 0.484. The Balaban J connectivity index is 1.81. The lowest BCUT2D eigenvalue weighted by atomic mass is 9.84. The highest BCUT2D eigenvalue weighted by Gasteiger charge is 2.29. The number of nitrogens with one attached hydrogen (secondary N) is 4. The second-order valence-electron chi connectivity index (χ2n) is 11.6. The first-order chi connectivity index (χ1) is 19.4. The lowest BCUT2D eigenvalue weighted by Crippen LogP contribution is -2.56. The lowest BCUT2D eigenvalue weighted by molar-refractivity contribution is -0.132. The summed E-state index contributed by atoms with van der Waals surface area (Å²) < 4.78 is 0. The van der Waals surface area contributed by atoms with E-state index >= 15 is 0 Å². The molecule has 4 amide bonds. The first-order valence-corrected chi connectivity index (χ1v) is 14.2. The molecule has 1 aliphatic rings. The van der Waals surface area contributed by atoms with Crippen LogP contribution in [0, 0.1) is 0 Å². The van der Waals surface area contributed by atoms with Crippen LogP contribution in [0.5, 0.6) is 5.75 Å². The number of carbonyl (C=O) groups is 4. The average Bonchev–Trinajstić information content (AvgIpc) is 2.92. The van der Waals surface area contributed by atoms with Gasteiger partial charge in [0.1, 0.15) is 17.8 Å². The van der Waals surface area contributed by atoms with Gasteiger partial charge < -0.3 is 32.1 Å². The van der Waals surface area contributed by atoms with Crippen LogP contribution in [-0.2, 0) is 37.4 Å². The van der Waals surface area contributed by atoms with Gasteiger partial charge in [-0.05, 0) is 53.9 Å². The number of rotatable bonds is 6. The van der Waals surface area contributed by atoms with Gasteiger partial charge in [-0.25, -0.2) is 0 Å². The molecule has 1 saturated heterocycles. The Morgan fingerprint density at radius 2 is 1.73 bits per heavy atom. The van der Waals surface area contributed by atoms with Crippen molar-refractivity contribution in [2.45, 2.75) is 82.8 Å². The quantitative estimate of drug-likeness (QED) is 0.312. The number of phenolic OH excluding ortho intramolecular Hbond substituents is 1. The maximum absolute atomic E-state index is 13.5. The molecule has 0 spiro atoms. The molecule has 10 heteroatoms. The molecule has 10 nitrogen and oxygen atoms in total. The number of aromatic hydroxyl groups is 1. The molecule has 0 radical (unpaired) electrons. The molecule has 0 saturated carbocycles. The van der Waals surface area contributed by atoms with Crippen LogP contribution >= 0.6 is 0 Å². The van der Waals surface area contributed by atoms with Crippen LogP contribution in [0.15, 0.2) is 48.5 Å². The van der Waals surface area contributed by atoms with E-state index in [2.05, 4.69) is 21.3 Å². The third kappa shape index (κ3) is 9.89. The number of hydrogen-bond acceptors (Lipinski definition) is 6. The second-order valence-corrected chi connectivity index (χ2v) is 11.6. The molecular formula is C31H43N5O5. The molecule has 3 rings (SSSR count). The number of benzene rings is 2. The number of carbonyl (C=O) groups excluding carboxylic acids is 4. The van der Waals surface area contributed by atoms with Gasteiger partial charge in [-0.15, -0.1) is 0 Å². The van der Waals surface area contributed by atoms with Crippen molar-refractivity contribution in [2.24, 2.45) is 5.73 Å². The van der Waals surface area contributed by atoms with Crippen LogP contribution in [0.4, 0.5) is 0 Å². The Morgan fingerprint density at radius 3 is 2.44 bits per heavy atom. The predicted molar refractivity (Wildman–Crippen MR) is 157 cm³/mol. The Morgan fingerprint density at radius 1 is 1.00 bits per heavy atom. The minimum absolute atomic E-state index is 0.119. The maximum Gasteiger partial charge on any atom is 0.243 e. The van der Waals surface area contributed by atoms with Crippen molar-refractivity contribution in [2.75, 3.05) is 13.1 Å². The minimum atomic E-state index is -0.969. The number of amides is 4. The van der Waals surface area contributed by atoms with Crippen LogP contribution < -0.4 is 27.0 Å². The van der Waals surface area contributed by atoms with E-state index in [-0.39, 0.29) is 36.5 Å². The summed E-state index contributed by atoms with van der Waals surface area (Å²) in [6.45, 7) is 6.48. The smallest absolute Gasteiger partial charge is 0.243 e. The van der Waals surface area contributed by atoms with Gasteiger partial charge in [-0.2, -0.15) is 0 Å². The lowest BCUT2D eigenvalue weighted by Gasteiger charge is -2.26.